The molecule has 0 saturated heterocycles. The molecule has 27 heavy (non-hydrogen) atoms. The van der Waals surface area contributed by atoms with Crippen molar-refractivity contribution in [1.82, 2.24) is 4.90 Å². The number of methoxy groups -OCH3 is 1. The SMILES string of the molecule is CCCOc1ccc(CN(CCC)C(=O)c2ccc(N)cc2)cc1OC.Cl. The van der Waals surface area contributed by atoms with Gasteiger partial charge < -0.3 is 20.1 Å². The lowest BCUT2D eigenvalue weighted by atomic mass is 10.1. The average Bonchev–Trinajstić information content (AvgIpc) is 2.66. The van der Waals surface area contributed by atoms with Crippen molar-refractivity contribution in [3.63, 3.8) is 0 Å². The summed E-state index contributed by atoms with van der Waals surface area (Å²) in [5, 5.41) is 0. The summed E-state index contributed by atoms with van der Waals surface area (Å²) in [5.74, 6) is 1.41. The minimum absolute atomic E-state index is 0. The summed E-state index contributed by atoms with van der Waals surface area (Å²) < 4.78 is 11.1. The first-order chi connectivity index (χ1) is 12.6. The number of carbonyl (C=O) groups is 1. The van der Waals surface area contributed by atoms with Crippen LogP contribution in [0, 0.1) is 0 Å². The Balaban J connectivity index is 0.00000364. The third-order valence-corrected chi connectivity index (χ3v) is 4.00. The maximum absolute atomic E-state index is 12.8. The van der Waals surface area contributed by atoms with Gasteiger partial charge >= 0.3 is 0 Å². The molecule has 0 aliphatic carbocycles. The van der Waals surface area contributed by atoms with Gasteiger partial charge in [0.05, 0.1) is 13.7 Å². The number of benzene rings is 2. The summed E-state index contributed by atoms with van der Waals surface area (Å²) in [6.45, 7) is 5.96. The predicted octanol–water partition coefficient (Wildman–Crippen LogP) is 4.54. The smallest absolute Gasteiger partial charge is 0.254 e. The van der Waals surface area contributed by atoms with Crippen molar-refractivity contribution >= 4 is 24.0 Å². The van der Waals surface area contributed by atoms with Gasteiger partial charge in [0.15, 0.2) is 11.5 Å². The van der Waals surface area contributed by atoms with Crippen molar-refractivity contribution in [2.45, 2.75) is 33.2 Å². The van der Waals surface area contributed by atoms with Crippen molar-refractivity contribution in [2.75, 3.05) is 26.0 Å². The highest BCUT2D eigenvalue weighted by molar-refractivity contribution is 5.94. The van der Waals surface area contributed by atoms with Crippen LogP contribution in [0.25, 0.3) is 0 Å². The maximum atomic E-state index is 12.8. The molecule has 0 aromatic heterocycles. The highest BCUT2D eigenvalue weighted by Crippen LogP contribution is 2.29. The molecular weight excluding hydrogens is 364 g/mol. The van der Waals surface area contributed by atoms with Gasteiger partial charge in [-0.1, -0.05) is 19.9 Å². The summed E-state index contributed by atoms with van der Waals surface area (Å²) in [5.41, 5.74) is 8.01. The zero-order valence-corrected chi connectivity index (χ0v) is 17.1. The average molecular weight is 393 g/mol. The molecule has 1 amide bonds. The minimum Gasteiger partial charge on any atom is -0.493 e. The fraction of sp³-hybridized carbons (Fsp3) is 0.381. The molecule has 0 unspecified atom stereocenters. The lowest BCUT2D eigenvalue weighted by Crippen LogP contribution is -2.31. The number of amides is 1. The van der Waals surface area contributed by atoms with E-state index in [1.165, 1.54) is 0 Å². The molecule has 2 aromatic carbocycles. The Labute approximate surface area is 167 Å². The molecular formula is C21H29ClN2O3. The molecule has 0 radical (unpaired) electrons. The first-order valence-electron chi connectivity index (χ1n) is 9.03. The molecule has 0 heterocycles. The Hall–Kier alpha value is -2.40. The van der Waals surface area contributed by atoms with Crippen LogP contribution in [0.3, 0.4) is 0 Å². The van der Waals surface area contributed by atoms with E-state index in [0.29, 0.717) is 36.7 Å². The molecule has 0 atom stereocenters. The number of hydrogen-bond acceptors (Lipinski definition) is 4. The molecule has 0 saturated carbocycles. The van der Waals surface area contributed by atoms with Crippen molar-refractivity contribution in [2.24, 2.45) is 0 Å². The van der Waals surface area contributed by atoms with Gasteiger partial charge in [0.25, 0.3) is 5.91 Å². The highest BCUT2D eigenvalue weighted by atomic mass is 35.5. The molecule has 148 valence electrons. The first kappa shape index (κ1) is 22.6. The number of anilines is 1. The van der Waals surface area contributed by atoms with E-state index in [0.717, 1.165) is 24.2 Å². The lowest BCUT2D eigenvalue weighted by Gasteiger charge is -2.23. The molecule has 6 heteroatoms. The van der Waals surface area contributed by atoms with Gasteiger partial charge in [-0.05, 0) is 54.8 Å². The van der Waals surface area contributed by atoms with Gasteiger partial charge in [0.1, 0.15) is 0 Å². The summed E-state index contributed by atoms with van der Waals surface area (Å²) >= 11 is 0. The monoisotopic (exact) mass is 392 g/mol. The van der Waals surface area contributed by atoms with E-state index in [2.05, 4.69) is 13.8 Å². The Bertz CT molecular complexity index is 720. The van der Waals surface area contributed by atoms with Crippen LogP contribution in [-0.4, -0.2) is 31.1 Å². The molecule has 0 aliphatic heterocycles. The number of nitrogen functional groups attached to an aromatic ring is 1. The maximum Gasteiger partial charge on any atom is 0.254 e. The molecule has 5 nitrogen and oxygen atoms in total. The van der Waals surface area contributed by atoms with E-state index >= 15 is 0 Å². The lowest BCUT2D eigenvalue weighted by molar-refractivity contribution is 0.0743. The van der Waals surface area contributed by atoms with E-state index < -0.39 is 0 Å². The van der Waals surface area contributed by atoms with Gasteiger partial charge in [0, 0.05) is 24.3 Å². The van der Waals surface area contributed by atoms with Crippen molar-refractivity contribution < 1.29 is 14.3 Å². The Morgan fingerprint density at radius 2 is 1.74 bits per heavy atom. The minimum atomic E-state index is -0.00266. The second-order valence-electron chi connectivity index (χ2n) is 6.18. The van der Waals surface area contributed by atoms with Crippen molar-refractivity contribution in [3.05, 3.63) is 53.6 Å². The summed E-state index contributed by atoms with van der Waals surface area (Å²) in [6, 6.07) is 12.9. The molecule has 0 fully saturated rings. The topological polar surface area (TPSA) is 64.8 Å². The van der Waals surface area contributed by atoms with Crippen LogP contribution in [0.1, 0.15) is 42.6 Å². The number of nitrogens with zero attached hydrogens (tertiary/aromatic N) is 1. The number of ether oxygens (including phenoxy) is 2. The largest absolute Gasteiger partial charge is 0.493 e. The van der Waals surface area contributed by atoms with Crippen LogP contribution >= 0.6 is 12.4 Å². The summed E-state index contributed by atoms with van der Waals surface area (Å²) in [4.78, 5) is 14.7. The molecule has 0 aliphatic rings. The second kappa shape index (κ2) is 11.3. The normalized spacial score (nSPS) is 10.0. The van der Waals surface area contributed by atoms with E-state index in [1.54, 1.807) is 31.4 Å². The molecule has 2 rings (SSSR count). The number of carbonyl (C=O) groups excluding carboxylic acids is 1. The van der Waals surface area contributed by atoms with Crippen LogP contribution in [0.15, 0.2) is 42.5 Å². The van der Waals surface area contributed by atoms with Crippen LogP contribution < -0.4 is 15.2 Å². The Morgan fingerprint density at radius 1 is 1.04 bits per heavy atom. The third kappa shape index (κ3) is 6.36. The van der Waals surface area contributed by atoms with Gasteiger partial charge in [0.2, 0.25) is 0 Å². The zero-order valence-electron chi connectivity index (χ0n) is 16.2. The molecule has 0 bridgehead atoms. The quantitative estimate of drug-likeness (QED) is 0.636. The Kier molecular flexibility index (Phi) is 9.51. The van der Waals surface area contributed by atoms with Crippen LogP contribution in [0.2, 0.25) is 0 Å². The molecule has 2 N–H and O–H groups in total. The predicted molar refractivity (Wildman–Crippen MR) is 112 cm³/mol. The van der Waals surface area contributed by atoms with E-state index in [9.17, 15) is 4.79 Å². The number of rotatable bonds is 9. The Morgan fingerprint density at radius 3 is 2.33 bits per heavy atom. The standard InChI is InChI=1S/C21H28N2O3.ClH/c1-4-12-23(21(24)17-7-9-18(22)10-8-17)15-16-6-11-19(26-13-5-2)20(14-16)25-3;/h6-11,14H,4-5,12-13,15,22H2,1-3H3;1H. The second-order valence-corrected chi connectivity index (χ2v) is 6.18. The van der Waals surface area contributed by atoms with Crippen LogP contribution in [0.4, 0.5) is 5.69 Å². The third-order valence-electron chi connectivity index (χ3n) is 4.00. The van der Waals surface area contributed by atoms with Crippen LogP contribution in [0.5, 0.6) is 11.5 Å². The van der Waals surface area contributed by atoms with Crippen molar-refractivity contribution in [1.29, 1.82) is 0 Å². The van der Waals surface area contributed by atoms with E-state index in [4.69, 9.17) is 15.2 Å². The fourth-order valence-electron chi connectivity index (χ4n) is 2.69. The fourth-order valence-corrected chi connectivity index (χ4v) is 2.69. The van der Waals surface area contributed by atoms with E-state index in [1.807, 2.05) is 23.1 Å². The molecule has 2 aromatic rings. The highest BCUT2D eigenvalue weighted by Gasteiger charge is 2.16. The number of hydrogen-bond donors (Lipinski definition) is 1. The first-order valence-corrected chi connectivity index (χ1v) is 9.03. The van der Waals surface area contributed by atoms with Crippen LogP contribution in [-0.2, 0) is 6.54 Å². The zero-order chi connectivity index (χ0) is 18.9. The number of halogens is 1. The number of nitrogens with two attached hydrogens (primary N) is 1. The van der Waals surface area contributed by atoms with Gasteiger partial charge in [-0.3, -0.25) is 4.79 Å². The van der Waals surface area contributed by atoms with E-state index in [-0.39, 0.29) is 18.3 Å². The summed E-state index contributed by atoms with van der Waals surface area (Å²) in [7, 11) is 1.63. The summed E-state index contributed by atoms with van der Waals surface area (Å²) in [6.07, 6.45) is 1.82. The van der Waals surface area contributed by atoms with Gasteiger partial charge in [-0.2, -0.15) is 0 Å². The molecule has 0 spiro atoms. The van der Waals surface area contributed by atoms with Gasteiger partial charge in [-0.25, -0.2) is 0 Å². The van der Waals surface area contributed by atoms with Gasteiger partial charge in [-0.15, -0.1) is 12.4 Å². The van der Waals surface area contributed by atoms with Crippen molar-refractivity contribution in [3.8, 4) is 11.5 Å².